The molecule has 0 radical (unpaired) electrons. The molecule has 2 aromatic rings. The van der Waals surface area contributed by atoms with Crippen LogP contribution >= 0.6 is 0 Å². The van der Waals surface area contributed by atoms with E-state index in [1.165, 1.54) is 17.9 Å². The molecule has 2 rings (SSSR count). The van der Waals surface area contributed by atoms with Crippen LogP contribution in [0.4, 0.5) is 5.69 Å². The van der Waals surface area contributed by atoms with Gasteiger partial charge in [0, 0.05) is 0 Å². The summed E-state index contributed by atoms with van der Waals surface area (Å²) in [4.78, 5) is 27.0. The van der Waals surface area contributed by atoms with Crippen LogP contribution in [0.25, 0.3) is 0 Å². The highest BCUT2D eigenvalue weighted by molar-refractivity contribution is 5.93. The average molecular weight is 289 g/mol. The molecule has 7 heteroatoms. The van der Waals surface area contributed by atoms with Gasteiger partial charge in [-0.05, 0) is 19.1 Å². The van der Waals surface area contributed by atoms with Gasteiger partial charge < -0.3 is 19.7 Å². The van der Waals surface area contributed by atoms with Crippen molar-refractivity contribution in [2.24, 2.45) is 0 Å². The Kier molecular flexibility index (Phi) is 4.22. The minimum atomic E-state index is -1.12. The molecule has 110 valence electrons. The summed E-state index contributed by atoms with van der Waals surface area (Å²) >= 11 is 0. The highest BCUT2D eigenvalue weighted by Crippen LogP contribution is 2.23. The Balaban J connectivity index is 2.16. The third kappa shape index (κ3) is 3.19. The maximum Gasteiger partial charge on any atom is 0.354 e. The number of methoxy groups -OCH3 is 1. The number of ether oxygens (including phenoxy) is 1. The lowest BCUT2D eigenvalue weighted by atomic mass is 10.3. The second-order valence-electron chi connectivity index (χ2n) is 4.33. The zero-order valence-corrected chi connectivity index (χ0v) is 11.7. The minimum Gasteiger partial charge on any atom is -0.495 e. The maximum absolute atomic E-state index is 12.1. The number of carbonyl (C=O) groups excluding carboxylic acids is 1. The fourth-order valence-corrected chi connectivity index (χ4v) is 1.92. The number of aryl methyl sites for hydroxylation is 1. The highest BCUT2D eigenvalue weighted by Gasteiger charge is 2.16. The van der Waals surface area contributed by atoms with Crippen LogP contribution in [0, 0.1) is 6.92 Å². The minimum absolute atomic E-state index is 0.0253. The molecule has 0 aliphatic rings. The number of carboxylic acids is 1. The molecule has 0 aliphatic heterocycles. The highest BCUT2D eigenvalue weighted by atomic mass is 16.5. The quantitative estimate of drug-likeness (QED) is 0.870. The van der Waals surface area contributed by atoms with E-state index in [0.717, 1.165) is 0 Å². The fraction of sp³-hybridized carbons (Fsp3) is 0.214. The largest absolute Gasteiger partial charge is 0.495 e. The Hall–Kier alpha value is -2.83. The van der Waals surface area contributed by atoms with E-state index in [4.69, 9.17) is 9.84 Å². The average Bonchev–Trinajstić information content (AvgIpc) is 2.81. The number of amides is 1. The van der Waals surface area contributed by atoms with Crippen LogP contribution in [0.15, 0.2) is 30.5 Å². The van der Waals surface area contributed by atoms with Crippen LogP contribution in [0.1, 0.15) is 16.3 Å². The predicted octanol–water partition coefficient (Wildman–Crippen LogP) is 1.54. The van der Waals surface area contributed by atoms with Crippen molar-refractivity contribution < 1.29 is 19.4 Å². The summed E-state index contributed by atoms with van der Waals surface area (Å²) < 4.78 is 6.48. The molecular weight excluding hydrogens is 274 g/mol. The fourth-order valence-electron chi connectivity index (χ4n) is 1.92. The SMILES string of the molecule is COc1ccccc1NC(=O)Cn1c(C(=O)O)cnc1C. The van der Waals surface area contributed by atoms with Crippen molar-refractivity contribution in [3.05, 3.63) is 42.0 Å². The Morgan fingerprint density at radius 1 is 1.38 bits per heavy atom. The number of rotatable bonds is 5. The van der Waals surface area contributed by atoms with Gasteiger partial charge in [0.25, 0.3) is 0 Å². The lowest BCUT2D eigenvalue weighted by Gasteiger charge is -2.11. The Morgan fingerprint density at radius 3 is 2.76 bits per heavy atom. The number of hydrogen-bond acceptors (Lipinski definition) is 4. The van der Waals surface area contributed by atoms with Crippen LogP contribution in [0.2, 0.25) is 0 Å². The summed E-state index contributed by atoms with van der Waals surface area (Å²) in [6.07, 6.45) is 1.23. The summed E-state index contributed by atoms with van der Waals surface area (Å²) in [6, 6.07) is 6.98. The topological polar surface area (TPSA) is 93.5 Å². The van der Waals surface area contributed by atoms with Gasteiger partial charge in [-0.1, -0.05) is 12.1 Å². The first-order valence-corrected chi connectivity index (χ1v) is 6.21. The molecule has 0 unspecified atom stereocenters. The molecule has 21 heavy (non-hydrogen) atoms. The molecule has 0 atom stereocenters. The third-order valence-corrected chi connectivity index (χ3v) is 2.96. The van der Waals surface area contributed by atoms with Crippen molar-refractivity contribution in [3.63, 3.8) is 0 Å². The molecular formula is C14H15N3O4. The van der Waals surface area contributed by atoms with Crippen LogP contribution in [0.5, 0.6) is 5.75 Å². The molecule has 0 fully saturated rings. The number of aromatic nitrogens is 2. The number of carboxylic acid groups (broad SMARTS) is 1. The number of nitrogens with one attached hydrogen (secondary N) is 1. The molecule has 0 saturated heterocycles. The van der Waals surface area contributed by atoms with E-state index < -0.39 is 5.97 Å². The van der Waals surface area contributed by atoms with Crippen molar-refractivity contribution in [2.75, 3.05) is 12.4 Å². The number of aromatic carboxylic acids is 1. The normalized spacial score (nSPS) is 10.2. The van der Waals surface area contributed by atoms with Crippen LogP contribution in [-0.4, -0.2) is 33.6 Å². The van der Waals surface area contributed by atoms with Crippen molar-refractivity contribution in [2.45, 2.75) is 13.5 Å². The third-order valence-electron chi connectivity index (χ3n) is 2.96. The number of para-hydroxylation sites is 2. The number of benzene rings is 1. The first-order chi connectivity index (χ1) is 10.0. The van der Waals surface area contributed by atoms with Gasteiger partial charge in [-0.3, -0.25) is 4.79 Å². The molecule has 0 aliphatic carbocycles. The number of imidazole rings is 1. The van der Waals surface area contributed by atoms with Gasteiger partial charge in [-0.15, -0.1) is 0 Å². The molecule has 1 aromatic carbocycles. The van der Waals surface area contributed by atoms with E-state index in [1.807, 2.05) is 0 Å². The number of hydrogen-bond donors (Lipinski definition) is 2. The number of nitrogens with zero attached hydrogens (tertiary/aromatic N) is 2. The van der Waals surface area contributed by atoms with Crippen LogP contribution in [-0.2, 0) is 11.3 Å². The molecule has 7 nitrogen and oxygen atoms in total. The van der Waals surface area contributed by atoms with E-state index in [2.05, 4.69) is 10.3 Å². The molecule has 1 heterocycles. The van der Waals surface area contributed by atoms with Crippen molar-refractivity contribution in [3.8, 4) is 5.75 Å². The summed E-state index contributed by atoms with van der Waals surface area (Å²) in [5.41, 5.74) is 0.502. The van der Waals surface area contributed by atoms with Gasteiger partial charge in [0.15, 0.2) is 0 Å². The zero-order valence-electron chi connectivity index (χ0n) is 11.7. The molecule has 0 spiro atoms. The lowest BCUT2D eigenvalue weighted by molar-refractivity contribution is -0.116. The standard InChI is InChI=1S/C14H15N3O4/c1-9-15-7-11(14(19)20)17(9)8-13(18)16-10-5-3-4-6-12(10)21-2/h3-7H,8H2,1-2H3,(H,16,18)(H,19,20). The molecule has 2 N–H and O–H groups in total. The lowest BCUT2D eigenvalue weighted by Crippen LogP contribution is -2.22. The number of carbonyl (C=O) groups is 2. The van der Waals surface area contributed by atoms with Gasteiger partial charge in [-0.25, -0.2) is 9.78 Å². The molecule has 1 aromatic heterocycles. The Labute approximate surface area is 121 Å². The predicted molar refractivity (Wildman–Crippen MR) is 75.5 cm³/mol. The first-order valence-electron chi connectivity index (χ1n) is 6.21. The Bertz CT molecular complexity index is 679. The Morgan fingerprint density at radius 2 is 2.10 bits per heavy atom. The molecule has 0 saturated carbocycles. The smallest absolute Gasteiger partial charge is 0.354 e. The summed E-state index contributed by atoms with van der Waals surface area (Å²) in [7, 11) is 1.51. The van der Waals surface area contributed by atoms with Crippen molar-refractivity contribution in [1.82, 2.24) is 9.55 Å². The van der Waals surface area contributed by atoms with Gasteiger partial charge >= 0.3 is 5.97 Å². The van der Waals surface area contributed by atoms with Gasteiger partial charge in [-0.2, -0.15) is 0 Å². The van der Waals surface area contributed by atoms with Gasteiger partial charge in [0.1, 0.15) is 23.8 Å². The van der Waals surface area contributed by atoms with Crippen LogP contribution in [0.3, 0.4) is 0 Å². The zero-order chi connectivity index (χ0) is 15.4. The summed E-state index contributed by atoms with van der Waals surface area (Å²) in [5.74, 6) is -0.488. The van der Waals surface area contributed by atoms with E-state index in [0.29, 0.717) is 17.3 Å². The summed E-state index contributed by atoms with van der Waals surface area (Å²) in [6.45, 7) is 1.51. The first kappa shape index (κ1) is 14.6. The van der Waals surface area contributed by atoms with Crippen molar-refractivity contribution >= 4 is 17.6 Å². The van der Waals surface area contributed by atoms with E-state index >= 15 is 0 Å². The van der Waals surface area contributed by atoms with Gasteiger partial charge in [0.2, 0.25) is 5.91 Å². The second-order valence-corrected chi connectivity index (χ2v) is 4.33. The molecule has 1 amide bonds. The second kappa shape index (κ2) is 6.08. The van der Waals surface area contributed by atoms with E-state index in [9.17, 15) is 9.59 Å². The van der Waals surface area contributed by atoms with E-state index in [1.54, 1.807) is 31.2 Å². The van der Waals surface area contributed by atoms with Crippen molar-refractivity contribution in [1.29, 1.82) is 0 Å². The van der Waals surface area contributed by atoms with E-state index in [-0.39, 0.29) is 18.1 Å². The molecule has 0 bridgehead atoms. The number of anilines is 1. The van der Waals surface area contributed by atoms with Crippen LogP contribution < -0.4 is 10.1 Å². The maximum atomic E-state index is 12.1. The van der Waals surface area contributed by atoms with Gasteiger partial charge in [0.05, 0.1) is 19.0 Å². The monoisotopic (exact) mass is 289 g/mol. The summed E-state index contributed by atoms with van der Waals surface area (Å²) in [5, 5.41) is 11.7.